The molecule has 0 bridgehead atoms. The average Bonchev–Trinajstić information content (AvgIpc) is 3.21. The van der Waals surface area contributed by atoms with Gasteiger partial charge in [0.05, 0.1) is 22.3 Å². The number of benzene rings is 2. The van der Waals surface area contributed by atoms with Crippen LogP contribution in [0.2, 0.25) is 0 Å². The predicted molar refractivity (Wildman–Crippen MR) is 94.7 cm³/mol. The second kappa shape index (κ2) is 6.52. The second-order valence-corrected chi connectivity index (χ2v) is 8.63. The van der Waals surface area contributed by atoms with Crippen LogP contribution in [0, 0.1) is 12.7 Å². The van der Waals surface area contributed by atoms with Gasteiger partial charge in [0.15, 0.2) is 9.84 Å². The van der Waals surface area contributed by atoms with Gasteiger partial charge in [-0.2, -0.15) is 0 Å². The van der Waals surface area contributed by atoms with Crippen molar-refractivity contribution < 1.29 is 17.5 Å². The molecule has 0 aliphatic heterocycles. The highest BCUT2D eigenvalue weighted by atomic mass is 32.2. The number of hydrogen-bond acceptors (Lipinski definition) is 4. The van der Waals surface area contributed by atoms with Crippen LogP contribution in [0.15, 0.2) is 53.4 Å². The summed E-state index contributed by atoms with van der Waals surface area (Å²) in [5, 5.41) is -0.792. The van der Waals surface area contributed by atoms with Gasteiger partial charge in [-0.15, -0.1) is 0 Å². The summed E-state index contributed by atoms with van der Waals surface area (Å²) in [5.41, 5.74) is 7.13. The molecular weight excluding hydrogens is 341 g/mol. The van der Waals surface area contributed by atoms with Crippen LogP contribution in [0.1, 0.15) is 24.0 Å². The van der Waals surface area contributed by atoms with E-state index in [1.54, 1.807) is 36.4 Å². The summed E-state index contributed by atoms with van der Waals surface area (Å²) < 4.78 is 44.9. The predicted octanol–water partition coefficient (Wildman–Crippen LogP) is 2.81. The zero-order chi connectivity index (χ0) is 18.2. The molecule has 0 unspecified atom stereocenters. The molecule has 3 atom stereocenters. The first-order valence-corrected chi connectivity index (χ1v) is 9.78. The van der Waals surface area contributed by atoms with Crippen LogP contribution < -0.4 is 5.73 Å². The molecule has 1 fully saturated rings. The summed E-state index contributed by atoms with van der Waals surface area (Å²) in [6, 6.07) is 12.6. The molecule has 3 rings (SSSR count). The lowest BCUT2D eigenvalue weighted by molar-refractivity contribution is 0.125. The van der Waals surface area contributed by atoms with Gasteiger partial charge in [0.2, 0.25) is 0 Å². The number of sulfone groups is 1. The molecule has 0 saturated heterocycles. The minimum atomic E-state index is -3.63. The van der Waals surface area contributed by atoms with Gasteiger partial charge in [-0.25, -0.2) is 12.8 Å². The summed E-state index contributed by atoms with van der Waals surface area (Å²) in [5.74, 6) is -0.791. The van der Waals surface area contributed by atoms with Gasteiger partial charge in [-0.3, -0.25) is 0 Å². The van der Waals surface area contributed by atoms with E-state index < -0.39 is 26.5 Å². The highest BCUT2D eigenvalue weighted by Gasteiger charge is 2.69. The van der Waals surface area contributed by atoms with E-state index in [4.69, 9.17) is 10.5 Å². The molecule has 2 aromatic carbocycles. The fourth-order valence-electron chi connectivity index (χ4n) is 3.37. The lowest BCUT2D eigenvalue weighted by Gasteiger charge is -2.12. The highest BCUT2D eigenvalue weighted by Crippen LogP contribution is 2.55. The van der Waals surface area contributed by atoms with E-state index in [9.17, 15) is 12.8 Å². The SMILES string of the molecule is CCOC[C@]1(N)[C@H](c2ccc(F)cc2)[C@@H]1S(=O)(=O)c1ccc(C)cc1. The van der Waals surface area contributed by atoms with Crippen LogP contribution in [0.4, 0.5) is 4.39 Å². The van der Waals surface area contributed by atoms with Gasteiger partial charge in [-0.05, 0) is 43.7 Å². The Kier molecular flexibility index (Phi) is 4.70. The molecule has 25 heavy (non-hydrogen) atoms. The minimum absolute atomic E-state index is 0.140. The van der Waals surface area contributed by atoms with Gasteiger partial charge in [-0.1, -0.05) is 29.8 Å². The van der Waals surface area contributed by atoms with E-state index in [0.717, 1.165) is 5.56 Å². The Balaban J connectivity index is 1.99. The topological polar surface area (TPSA) is 69.4 Å². The van der Waals surface area contributed by atoms with Crippen LogP contribution in [-0.2, 0) is 14.6 Å². The molecule has 0 radical (unpaired) electrons. The first-order valence-electron chi connectivity index (χ1n) is 8.23. The van der Waals surface area contributed by atoms with Crippen molar-refractivity contribution in [1.29, 1.82) is 0 Å². The summed E-state index contributed by atoms with van der Waals surface area (Å²) in [4.78, 5) is 0.249. The van der Waals surface area contributed by atoms with Crippen molar-refractivity contribution in [2.45, 2.75) is 35.4 Å². The molecule has 0 amide bonds. The number of halogens is 1. The van der Waals surface area contributed by atoms with Crippen molar-refractivity contribution in [2.75, 3.05) is 13.2 Å². The lowest BCUT2D eigenvalue weighted by atomic mass is 10.1. The maximum Gasteiger partial charge on any atom is 0.183 e. The normalized spacial score (nSPS) is 25.8. The summed E-state index contributed by atoms with van der Waals surface area (Å²) >= 11 is 0. The largest absolute Gasteiger partial charge is 0.380 e. The van der Waals surface area contributed by atoms with Crippen molar-refractivity contribution in [3.05, 3.63) is 65.5 Å². The van der Waals surface area contributed by atoms with Crippen molar-refractivity contribution >= 4 is 9.84 Å². The third-order valence-corrected chi connectivity index (χ3v) is 7.08. The van der Waals surface area contributed by atoms with Crippen molar-refractivity contribution in [3.8, 4) is 0 Å². The van der Waals surface area contributed by atoms with E-state index in [1.165, 1.54) is 12.1 Å². The molecule has 4 nitrogen and oxygen atoms in total. The molecule has 6 heteroatoms. The molecule has 2 N–H and O–H groups in total. The molecule has 1 aliphatic carbocycles. The molecule has 1 aliphatic rings. The first kappa shape index (κ1) is 18.0. The second-order valence-electron chi connectivity index (χ2n) is 6.56. The molecule has 0 aromatic heterocycles. The summed E-state index contributed by atoms with van der Waals surface area (Å²) in [6.07, 6.45) is 0. The van der Waals surface area contributed by atoms with Gasteiger partial charge in [0, 0.05) is 12.5 Å². The monoisotopic (exact) mass is 363 g/mol. The number of aryl methyl sites for hydroxylation is 1. The third kappa shape index (κ3) is 3.21. The summed E-state index contributed by atoms with van der Waals surface area (Å²) in [6.45, 7) is 4.33. The average molecular weight is 363 g/mol. The fraction of sp³-hybridized carbons (Fsp3) is 0.368. The standard InChI is InChI=1S/C19H22FNO3S/c1-3-24-12-19(21)17(14-6-8-15(20)9-7-14)18(19)25(22,23)16-10-4-13(2)5-11-16/h4-11,17-18H,3,12,21H2,1-2H3/t17-,18+,19+/m1/s1. The van der Waals surface area contributed by atoms with E-state index in [-0.39, 0.29) is 17.3 Å². The molecule has 134 valence electrons. The van der Waals surface area contributed by atoms with Crippen molar-refractivity contribution in [1.82, 2.24) is 0 Å². The molecule has 1 saturated carbocycles. The van der Waals surface area contributed by atoms with Crippen molar-refractivity contribution in [2.24, 2.45) is 5.73 Å². The maximum atomic E-state index is 13.2. The highest BCUT2D eigenvalue weighted by molar-refractivity contribution is 7.92. The molecule has 0 spiro atoms. The van der Waals surface area contributed by atoms with Gasteiger partial charge in [0.1, 0.15) is 5.82 Å². The minimum Gasteiger partial charge on any atom is -0.380 e. The van der Waals surface area contributed by atoms with Crippen LogP contribution in [0.5, 0.6) is 0 Å². The zero-order valence-electron chi connectivity index (χ0n) is 14.3. The quantitative estimate of drug-likeness (QED) is 0.857. The number of rotatable bonds is 6. The van der Waals surface area contributed by atoms with Crippen LogP contribution in [0.25, 0.3) is 0 Å². The number of hydrogen-bond donors (Lipinski definition) is 1. The molecular formula is C19H22FNO3S. The van der Waals surface area contributed by atoms with Crippen LogP contribution >= 0.6 is 0 Å². The number of ether oxygens (including phenoxy) is 1. The third-order valence-electron chi connectivity index (χ3n) is 4.77. The first-order chi connectivity index (χ1) is 11.8. The molecule has 0 heterocycles. The zero-order valence-corrected chi connectivity index (χ0v) is 15.1. The van der Waals surface area contributed by atoms with E-state index in [0.29, 0.717) is 12.2 Å². The Hall–Kier alpha value is -1.76. The molecule has 2 aromatic rings. The maximum absolute atomic E-state index is 13.2. The Morgan fingerprint density at radius 2 is 1.72 bits per heavy atom. The van der Waals surface area contributed by atoms with Crippen LogP contribution in [0.3, 0.4) is 0 Å². The Morgan fingerprint density at radius 3 is 2.28 bits per heavy atom. The smallest absolute Gasteiger partial charge is 0.183 e. The van der Waals surface area contributed by atoms with E-state index >= 15 is 0 Å². The summed E-state index contributed by atoms with van der Waals surface area (Å²) in [7, 11) is -3.63. The van der Waals surface area contributed by atoms with E-state index in [1.807, 2.05) is 13.8 Å². The van der Waals surface area contributed by atoms with Crippen LogP contribution in [-0.4, -0.2) is 32.4 Å². The Labute approximate surface area is 147 Å². The fourth-order valence-corrected chi connectivity index (χ4v) is 5.66. The van der Waals surface area contributed by atoms with E-state index in [2.05, 4.69) is 0 Å². The lowest BCUT2D eigenvalue weighted by Crippen LogP contribution is -2.36. The Bertz CT molecular complexity index is 849. The van der Waals surface area contributed by atoms with Crippen molar-refractivity contribution in [3.63, 3.8) is 0 Å². The number of nitrogens with two attached hydrogens (primary N) is 1. The Morgan fingerprint density at radius 1 is 1.12 bits per heavy atom. The van der Waals surface area contributed by atoms with Gasteiger partial charge < -0.3 is 10.5 Å². The van der Waals surface area contributed by atoms with Gasteiger partial charge >= 0.3 is 0 Å². The van der Waals surface area contributed by atoms with Gasteiger partial charge in [0.25, 0.3) is 0 Å².